The van der Waals surface area contributed by atoms with Crippen molar-refractivity contribution in [2.75, 3.05) is 30.3 Å². The summed E-state index contributed by atoms with van der Waals surface area (Å²) in [6.07, 6.45) is 4.32. The normalized spacial score (nSPS) is 14.7. The molecular formula is C22H29N3O2S. The molecule has 1 saturated heterocycles. The maximum absolute atomic E-state index is 12.1. The van der Waals surface area contributed by atoms with Crippen LogP contribution in [0.25, 0.3) is 0 Å². The van der Waals surface area contributed by atoms with Crippen LogP contribution in [0, 0.1) is 5.92 Å². The van der Waals surface area contributed by atoms with Crippen LogP contribution < -0.4 is 15.0 Å². The van der Waals surface area contributed by atoms with Gasteiger partial charge in [-0.15, -0.1) is 11.8 Å². The molecule has 28 heavy (non-hydrogen) atoms. The van der Waals surface area contributed by atoms with Crippen LogP contribution in [0.15, 0.2) is 47.5 Å². The zero-order chi connectivity index (χ0) is 19.8. The third-order valence-corrected chi connectivity index (χ3v) is 5.92. The molecule has 2 heterocycles. The molecule has 0 radical (unpaired) electrons. The molecule has 2 aromatic rings. The minimum atomic E-state index is 0.0213. The van der Waals surface area contributed by atoms with Crippen molar-refractivity contribution in [3.8, 4) is 5.75 Å². The number of ether oxygens (including phenoxy) is 1. The van der Waals surface area contributed by atoms with Gasteiger partial charge in [0.1, 0.15) is 11.6 Å². The molecule has 1 N–H and O–H groups in total. The Morgan fingerprint density at radius 3 is 2.61 bits per heavy atom. The van der Waals surface area contributed by atoms with Gasteiger partial charge in [-0.05, 0) is 61.6 Å². The fourth-order valence-corrected chi connectivity index (χ4v) is 3.87. The van der Waals surface area contributed by atoms with E-state index in [1.54, 1.807) is 0 Å². The van der Waals surface area contributed by atoms with Crippen molar-refractivity contribution in [2.45, 2.75) is 38.1 Å². The molecule has 1 aromatic carbocycles. The molecule has 0 atom stereocenters. The standard InChI is InChI=1S/C22H29N3O2S/c1-3-27-19-5-7-20(8-6-19)28-16-22(26)24-15-18-4-9-21(23-14-18)25-12-10-17(2)11-13-25/h4-9,14,17H,3,10-13,15-16H2,1-2H3,(H,24,26). The highest BCUT2D eigenvalue weighted by Crippen LogP contribution is 2.22. The van der Waals surface area contributed by atoms with Crippen LogP contribution in [0.3, 0.4) is 0 Å². The van der Waals surface area contributed by atoms with Gasteiger partial charge in [0.05, 0.1) is 12.4 Å². The number of aromatic nitrogens is 1. The molecular weight excluding hydrogens is 370 g/mol. The van der Waals surface area contributed by atoms with E-state index in [9.17, 15) is 4.79 Å². The molecule has 1 aliphatic rings. The number of anilines is 1. The van der Waals surface area contributed by atoms with Gasteiger partial charge in [0.2, 0.25) is 5.91 Å². The van der Waals surface area contributed by atoms with Crippen LogP contribution >= 0.6 is 11.8 Å². The van der Waals surface area contributed by atoms with Gasteiger partial charge in [-0.1, -0.05) is 13.0 Å². The molecule has 1 aromatic heterocycles. The van der Waals surface area contributed by atoms with Crippen LogP contribution in [0.2, 0.25) is 0 Å². The molecule has 3 rings (SSSR count). The maximum atomic E-state index is 12.1. The van der Waals surface area contributed by atoms with Gasteiger partial charge in [0.25, 0.3) is 0 Å². The van der Waals surface area contributed by atoms with E-state index >= 15 is 0 Å². The Kier molecular flexibility index (Phi) is 7.60. The molecule has 6 heteroatoms. The van der Waals surface area contributed by atoms with Gasteiger partial charge in [-0.2, -0.15) is 0 Å². The smallest absolute Gasteiger partial charge is 0.230 e. The largest absolute Gasteiger partial charge is 0.494 e. The van der Waals surface area contributed by atoms with Crippen LogP contribution in [0.1, 0.15) is 32.3 Å². The number of carbonyl (C=O) groups excluding carboxylic acids is 1. The molecule has 1 fully saturated rings. The van der Waals surface area contributed by atoms with Gasteiger partial charge in [-0.3, -0.25) is 4.79 Å². The molecule has 0 unspecified atom stereocenters. The van der Waals surface area contributed by atoms with E-state index in [-0.39, 0.29) is 5.91 Å². The third kappa shape index (κ3) is 6.16. The number of amides is 1. The monoisotopic (exact) mass is 399 g/mol. The lowest BCUT2D eigenvalue weighted by atomic mass is 9.99. The molecule has 0 saturated carbocycles. The topological polar surface area (TPSA) is 54.5 Å². The quantitative estimate of drug-likeness (QED) is 0.677. The fraction of sp³-hybridized carbons (Fsp3) is 0.455. The Balaban J connectivity index is 1.40. The van der Waals surface area contributed by atoms with Gasteiger partial charge in [0.15, 0.2) is 0 Å². The van der Waals surface area contributed by atoms with Gasteiger partial charge < -0.3 is 15.0 Å². The SMILES string of the molecule is CCOc1ccc(SCC(=O)NCc2ccc(N3CCC(C)CC3)nc2)cc1. The number of carbonyl (C=O) groups is 1. The second-order valence-corrected chi connectivity index (χ2v) is 8.21. The summed E-state index contributed by atoms with van der Waals surface area (Å²) in [5.41, 5.74) is 1.02. The summed E-state index contributed by atoms with van der Waals surface area (Å²) in [4.78, 5) is 20.1. The summed E-state index contributed by atoms with van der Waals surface area (Å²) in [6.45, 7) is 7.59. The lowest BCUT2D eigenvalue weighted by Gasteiger charge is -2.31. The third-order valence-electron chi connectivity index (χ3n) is 4.91. The van der Waals surface area contributed by atoms with E-state index in [1.807, 2.05) is 37.4 Å². The maximum Gasteiger partial charge on any atom is 0.230 e. The van der Waals surface area contributed by atoms with E-state index in [2.05, 4.69) is 34.3 Å². The van der Waals surface area contributed by atoms with Gasteiger partial charge in [-0.25, -0.2) is 4.98 Å². The highest BCUT2D eigenvalue weighted by molar-refractivity contribution is 8.00. The Hall–Kier alpha value is -2.21. The Labute approximate surface area is 171 Å². The van der Waals surface area contributed by atoms with Crippen molar-refractivity contribution in [3.05, 3.63) is 48.2 Å². The number of nitrogens with zero attached hydrogens (tertiary/aromatic N) is 2. The summed E-state index contributed by atoms with van der Waals surface area (Å²) in [5, 5.41) is 2.97. The number of nitrogens with one attached hydrogen (secondary N) is 1. The first-order chi connectivity index (χ1) is 13.6. The minimum absolute atomic E-state index is 0.0213. The molecule has 0 bridgehead atoms. The molecule has 150 valence electrons. The minimum Gasteiger partial charge on any atom is -0.494 e. The number of pyridine rings is 1. The van der Waals surface area contributed by atoms with Crippen molar-refractivity contribution in [3.63, 3.8) is 0 Å². The summed E-state index contributed by atoms with van der Waals surface area (Å²) in [5.74, 6) is 3.12. The zero-order valence-electron chi connectivity index (χ0n) is 16.7. The van der Waals surface area contributed by atoms with Gasteiger partial charge >= 0.3 is 0 Å². The Bertz CT molecular complexity index is 741. The molecule has 1 amide bonds. The highest BCUT2D eigenvalue weighted by Gasteiger charge is 2.16. The number of benzene rings is 1. The second kappa shape index (κ2) is 10.4. The van der Waals surface area contributed by atoms with E-state index in [4.69, 9.17) is 4.74 Å². The highest BCUT2D eigenvalue weighted by atomic mass is 32.2. The average molecular weight is 400 g/mol. The molecule has 1 aliphatic heterocycles. The van der Waals surface area contributed by atoms with E-state index in [1.165, 1.54) is 24.6 Å². The van der Waals surface area contributed by atoms with Crippen LogP contribution in [0.5, 0.6) is 5.75 Å². The zero-order valence-corrected chi connectivity index (χ0v) is 17.5. The number of piperidine rings is 1. The van der Waals surface area contributed by atoms with Crippen LogP contribution in [0.4, 0.5) is 5.82 Å². The summed E-state index contributed by atoms with van der Waals surface area (Å²) in [7, 11) is 0. The van der Waals surface area contributed by atoms with Crippen molar-refractivity contribution in [1.29, 1.82) is 0 Å². The van der Waals surface area contributed by atoms with E-state index in [0.717, 1.165) is 41.0 Å². The van der Waals surface area contributed by atoms with Crippen LogP contribution in [-0.4, -0.2) is 36.3 Å². The van der Waals surface area contributed by atoms with Crippen molar-refractivity contribution < 1.29 is 9.53 Å². The number of thioether (sulfide) groups is 1. The van der Waals surface area contributed by atoms with Crippen LogP contribution in [-0.2, 0) is 11.3 Å². The predicted molar refractivity (Wildman–Crippen MR) is 115 cm³/mol. The fourth-order valence-electron chi connectivity index (χ4n) is 3.15. The lowest BCUT2D eigenvalue weighted by molar-refractivity contribution is -0.118. The number of rotatable bonds is 8. The van der Waals surface area contributed by atoms with E-state index in [0.29, 0.717) is 18.9 Å². The first kappa shape index (κ1) is 20.5. The number of hydrogen-bond donors (Lipinski definition) is 1. The first-order valence-electron chi connectivity index (χ1n) is 9.96. The summed E-state index contributed by atoms with van der Waals surface area (Å²) < 4.78 is 5.43. The van der Waals surface area contributed by atoms with E-state index < -0.39 is 0 Å². The predicted octanol–water partition coefficient (Wildman–Crippen LogP) is 4.13. The Morgan fingerprint density at radius 1 is 1.21 bits per heavy atom. The first-order valence-corrected chi connectivity index (χ1v) is 10.9. The van der Waals surface area contributed by atoms with Crippen molar-refractivity contribution in [1.82, 2.24) is 10.3 Å². The summed E-state index contributed by atoms with van der Waals surface area (Å²) in [6, 6.07) is 11.9. The van der Waals surface area contributed by atoms with Gasteiger partial charge in [0, 0.05) is 30.7 Å². The second-order valence-electron chi connectivity index (χ2n) is 7.16. The molecule has 0 spiro atoms. The summed E-state index contributed by atoms with van der Waals surface area (Å²) >= 11 is 1.52. The van der Waals surface area contributed by atoms with Crippen molar-refractivity contribution >= 4 is 23.5 Å². The number of hydrogen-bond acceptors (Lipinski definition) is 5. The Morgan fingerprint density at radius 2 is 1.96 bits per heavy atom. The lowest BCUT2D eigenvalue weighted by Crippen LogP contribution is -2.33. The average Bonchev–Trinajstić information content (AvgIpc) is 2.73. The molecule has 0 aliphatic carbocycles. The van der Waals surface area contributed by atoms with Crippen molar-refractivity contribution in [2.24, 2.45) is 5.92 Å². The molecule has 5 nitrogen and oxygen atoms in total.